The minimum atomic E-state index is 0.222. The maximum absolute atomic E-state index is 5.76. The van der Waals surface area contributed by atoms with E-state index in [1.54, 1.807) is 6.07 Å². The van der Waals surface area contributed by atoms with E-state index in [9.17, 15) is 0 Å². The zero-order valence-corrected chi connectivity index (χ0v) is 7.69. The van der Waals surface area contributed by atoms with Gasteiger partial charge in [0.2, 0.25) is 0 Å². The zero-order valence-electron chi connectivity index (χ0n) is 7.69. The highest BCUT2D eigenvalue weighted by Gasteiger charge is 2.23. The average molecular weight is 182 g/mol. The second-order valence-corrected chi connectivity index (χ2v) is 3.59. The van der Waals surface area contributed by atoms with E-state index in [2.05, 4.69) is 5.16 Å². The van der Waals surface area contributed by atoms with Crippen LogP contribution in [0.15, 0.2) is 10.6 Å². The van der Waals surface area contributed by atoms with Gasteiger partial charge in [0.15, 0.2) is 0 Å². The van der Waals surface area contributed by atoms with Crippen LogP contribution < -0.4 is 10.5 Å². The predicted octanol–water partition coefficient (Wildman–Crippen LogP) is 1.24. The van der Waals surface area contributed by atoms with E-state index in [1.165, 1.54) is 0 Å². The number of nitrogens with zero attached hydrogens (tertiary/aromatic N) is 1. The maximum atomic E-state index is 5.76. The third-order valence-corrected chi connectivity index (χ3v) is 2.32. The summed E-state index contributed by atoms with van der Waals surface area (Å²) in [5, 5.41) is 3.77. The van der Waals surface area contributed by atoms with Crippen molar-refractivity contribution in [2.75, 3.05) is 0 Å². The number of rotatable bonds is 2. The van der Waals surface area contributed by atoms with Crippen LogP contribution in [0.4, 0.5) is 0 Å². The summed E-state index contributed by atoms with van der Waals surface area (Å²) in [7, 11) is 0. The summed E-state index contributed by atoms with van der Waals surface area (Å²) in [6.45, 7) is 1.85. The van der Waals surface area contributed by atoms with Crippen LogP contribution in [0, 0.1) is 6.92 Å². The van der Waals surface area contributed by atoms with E-state index in [0.717, 1.165) is 25.0 Å². The van der Waals surface area contributed by atoms with Gasteiger partial charge in [-0.2, -0.15) is 0 Å². The molecule has 2 atom stereocenters. The molecule has 1 heterocycles. The lowest BCUT2D eigenvalue weighted by Gasteiger charge is -2.09. The number of hydrogen-bond acceptors (Lipinski definition) is 4. The lowest BCUT2D eigenvalue weighted by molar-refractivity contribution is 0.188. The molecule has 72 valence electrons. The van der Waals surface area contributed by atoms with Gasteiger partial charge < -0.3 is 15.0 Å². The third kappa shape index (κ3) is 2.01. The molecule has 4 nitrogen and oxygen atoms in total. The predicted molar refractivity (Wildman–Crippen MR) is 47.5 cm³/mol. The van der Waals surface area contributed by atoms with Crippen molar-refractivity contribution in [1.82, 2.24) is 5.16 Å². The molecule has 13 heavy (non-hydrogen) atoms. The molecule has 1 aromatic rings. The van der Waals surface area contributed by atoms with Gasteiger partial charge in [-0.1, -0.05) is 0 Å². The highest BCUT2D eigenvalue weighted by Crippen LogP contribution is 2.22. The van der Waals surface area contributed by atoms with Crippen molar-refractivity contribution in [2.24, 2.45) is 5.73 Å². The van der Waals surface area contributed by atoms with E-state index >= 15 is 0 Å². The normalized spacial score (nSPS) is 27.8. The molecule has 1 fully saturated rings. The van der Waals surface area contributed by atoms with Crippen molar-refractivity contribution in [2.45, 2.75) is 38.3 Å². The monoisotopic (exact) mass is 182 g/mol. The number of nitrogens with two attached hydrogens (primary N) is 1. The molecule has 0 saturated heterocycles. The second kappa shape index (κ2) is 3.38. The molecule has 1 aliphatic carbocycles. The van der Waals surface area contributed by atoms with Crippen LogP contribution in [-0.4, -0.2) is 17.3 Å². The average Bonchev–Trinajstić information content (AvgIpc) is 2.62. The van der Waals surface area contributed by atoms with E-state index in [4.69, 9.17) is 15.0 Å². The quantitative estimate of drug-likeness (QED) is 0.747. The molecule has 1 saturated carbocycles. The molecule has 2 unspecified atom stereocenters. The molecular formula is C9H14N2O2. The first kappa shape index (κ1) is 8.56. The van der Waals surface area contributed by atoms with Crippen LogP contribution in [0.25, 0.3) is 0 Å². The minimum Gasteiger partial charge on any atom is -0.472 e. The van der Waals surface area contributed by atoms with Gasteiger partial charge in [-0.25, -0.2) is 0 Å². The lowest BCUT2D eigenvalue weighted by Crippen LogP contribution is -2.19. The van der Waals surface area contributed by atoms with Crippen molar-refractivity contribution < 1.29 is 9.26 Å². The van der Waals surface area contributed by atoms with Crippen molar-refractivity contribution in [1.29, 1.82) is 0 Å². The Labute approximate surface area is 77.0 Å². The Balaban J connectivity index is 1.91. The molecule has 0 aromatic carbocycles. The zero-order chi connectivity index (χ0) is 9.26. The van der Waals surface area contributed by atoms with Crippen molar-refractivity contribution in [3.8, 4) is 5.88 Å². The van der Waals surface area contributed by atoms with Crippen molar-refractivity contribution in [3.05, 3.63) is 11.8 Å². The van der Waals surface area contributed by atoms with Crippen LogP contribution in [-0.2, 0) is 0 Å². The van der Waals surface area contributed by atoms with Gasteiger partial charge in [-0.15, -0.1) is 0 Å². The SMILES string of the molecule is Cc1cc(OC2CCC(N)C2)no1. The van der Waals surface area contributed by atoms with Gasteiger partial charge in [0, 0.05) is 12.1 Å². The molecule has 4 heteroatoms. The second-order valence-electron chi connectivity index (χ2n) is 3.59. The summed E-state index contributed by atoms with van der Waals surface area (Å²) < 4.78 is 10.5. The molecule has 0 aliphatic heterocycles. The number of hydrogen-bond donors (Lipinski definition) is 1. The molecule has 0 amide bonds. The molecule has 0 bridgehead atoms. The molecule has 0 radical (unpaired) electrons. The summed E-state index contributed by atoms with van der Waals surface area (Å²) in [5.74, 6) is 1.36. The highest BCUT2D eigenvalue weighted by atomic mass is 16.5. The first-order chi connectivity index (χ1) is 6.24. The summed E-state index contributed by atoms with van der Waals surface area (Å²) >= 11 is 0. The topological polar surface area (TPSA) is 61.3 Å². The molecule has 2 N–H and O–H groups in total. The first-order valence-electron chi connectivity index (χ1n) is 4.59. The first-order valence-corrected chi connectivity index (χ1v) is 4.59. The Kier molecular flexibility index (Phi) is 2.22. The Morgan fingerprint density at radius 3 is 3.00 bits per heavy atom. The number of aryl methyl sites for hydroxylation is 1. The van der Waals surface area contributed by atoms with Gasteiger partial charge >= 0.3 is 0 Å². The van der Waals surface area contributed by atoms with Crippen LogP contribution in [0.5, 0.6) is 5.88 Å². The lowest BCUT2D eigenvalue weighted by atomic mass is 10.3. The Hall–Kier alpha value is -1.03. The van der Waals surface area contributed by atoms with Crippen molar-refractivity contribution >= 4 is 0 Å². The fraction of sp³-hybridized carbons (Fsp3) is 0.667. The van der Waals surface area contributed by atoms with Gasteiger partial charge in [-0.05, 0) is 31.3 Å². The van der Waals surface area contributed by atoms with E-state index in [1.807, 2.05) is 6.92 Å². The summed E-state index contributed by atoms with van der Waals surface area (Å²) in [4.78, 5) is 0. The number of aromatic nitrogens is 1. The summed E-state index contributed by atoms with van der Waals surface area (Å²) in [6, 6.07) is 2.09. The van der Waals surface area contributed by atoms with Gasteiger partial charge in [0.1, 0.15) is 11.9 Å². The fourth-order valence-corrected chi connectivity index (χ4v) is 1.65. The molecule has 2 rings (SSSR count). The molecular weight excluding hydrogens is 168 g/mol. The maximum Gasteiger partial charge on any atom is 0.254 e. The Morgan fingerprint density at radius 2 is 2.46 bits per heavy atom. The summed E-state index contributed by atoms with van der Waals surface area (Å²) in [5.41, 5.74) is 5.76. The van der Waals surface area contributed by atoms with E-state index in [0.29, 0.717) is 5.88 Å². The smallest absolute Gasteiger partial charge is 0.254 e. The Morgan fingerprint density at radius 1 is 1.62 bits per heavy atom. The third-order valence-electron chi connectivity index (χ3n) is 2.32. The van der Waals surface area contributed by atoms with Crippen LogP contribution in [0.1, 0.15) is 25.0 Å². The summed E-state index contributed by atoms with van der Waals surface area (Å²) in [6.07, 6.45) is 3.21. The molecule has 1 aliphatic rings. The van der Waals surface area contributed by atoms with Crippen molar-refractivity contribution in [3.63, 3.8) is 0 Å². The molecule has 1 aromatic heterocycles. The van der Waals surface area contributed by atoms with Crippen LogP contribution in [0.3, 0.4) is 0 Å². The largest absolute Gasteiger partial charge is 0.472 e. The Bertz CT molecular complexity index is 285. The van der Waals surface area contributed by atoms with Crippen LogP contribution >= 0.6 is 0 Å². The minimum absolute atomic E-state index is 0.222. The standard InChI is InChI=1S/C9H14N2O2/c1-6-4-9(11-13-6)12-8-3-2-7(10)5-8/h4,7-8H,2-3,5,10H2,1H3. The molecule has 0 spiro atoms. The van der Waals surface area contributed by atoms with E-state index < -0.39 is 0 Å². The van der Waals surface area contributed by atoms with Gasteiger partial charge in [-0.3, -0.25) is 0 Å². The van der Waals surface area contributed by atoms with E-state index in [-0.39, 0.29) is 12.1 Å². The highest BCUT2D eigenvalue weighted by molar-refractivity contribution is 5.10. The van der Waals surface area contributed by atoms with Gasteiger partial charge in [0.25, 0.3) is 5.88 Å². The number of ether oxygens (including phenoxy) is 1. The van der Waals surface area contributed by atoms with Crippen LogP contribution in [0.2, 0.25) is 0 Å². The van der Waals surface area contributed by atoms with Gasteiger partial charge in [0.05, 0.1) is 0 Å². The fourth-order valence-electron chi connectivity index (χ4n) is 1.65.